The molecule has 0 aliphatic rings. The summed E-state index contributed by atoms with van der Waals surface area (Å²) in [5.74, 6) is 1.65. The molecule has 0 aliphatic heterocycles. The Hall–Kier alpha value is -1.69. The third kappa shape index (κ3) is 6.15. The van der Waals surface area contributed by atoms with E-state index in [9.17, 15) is 4.79 Å². The molecule has 19 heavy (non-hydrogen) atoms. The highest BCUT2D eigenvalue weighted by Crippen LogP contribution is 2.12. The first-order valence-corrected chi connectivity index (χ1v) is 6.40. The summed E-state index contributed by atoms with van der Waals surface area (Å²) in [6.45, 7) is 3.83. The standard InChI is InChI=1S/C13H23N5O/c1-11(19)9-18(4)13-8-12(15-10-16-13)14-6-5-7-17(2)3/h8,10H,5-7,9H2,1-4H3,(H,14,15,16). The number of nitrogens with zero attached hydrogens (tertiary/aromatic N) is 4. The van der Waals surface area contributed by atoms with Gasteiger partial charge in [0.25, 0.3) is 0 Å². The number of nitrogens with one attached hydrogen (secondary N) is 1. The summed E-state index contributed by atoms with van der Waals surface area (Å²) < 4.78 is 0. The fraction of sp³-hybridized carbons (Fsp3) is 0.615. The maximum atomic E-state index is 11.1. The molecule has 0 aliphatic carbocycles. The van der Waals surface area contributed by atoms with Crippen LogP contribution >= 0.6 is 0 Å². The van der Waals surface area contributed by atoms with Gasteiger partial charge in [0.15, 0.2) is 0 Å². The molecule has 1 aromatic rings. The van der Waals surface area contributed by atoms with Crippen LogP contribution in [0, 0.1) is 0 Å². The van der Waals surface area contributed by atoms with Crippen molar-refractivity contribution < 1.29 is 4.79 Å². The van der Waals surface area contributed by atoms with E-state index in [0.29, 0.717) is 6.54 Å². The summed E-state index contributed by atoms with van der Waals surface area (Å²) in [7, 11) is 5.96. The molecule has 0 atom stereocenters. The maximum absolute atomic E-state index is 11.1. The van der Waals surface area contributed by atoms with Gasteiger partial charge in [-0.3, -0.25) is 4.79 Å². The van der Waals surface area contributed by atoms with E-state index in [2.05, 4.69) is 34.3 Å². The van der Waals surface area contributed by atoms with Crippen molar-refractivity contribution in [1.82, 2.24) is 14.9 Å². The van der Waals surface area contributed by atoms with E-state index in [1.165, 1.54) is 6.33 Å². The van der Waals surface area contributed by atoms with E-state index >= 15 is 0 Å². The number of aromatic nitrogens is 2. The van der Waals surface area contributed by atoms with Gasteiger partial charge in [0.2, 0.25) is 0 Å². The van der Waals surface area contributed by atoms with Gasteiger partial charge in [-0.15, -0.1) is 0 Å². The molecule has 0 amide bonds. The quantitative estimate of drug-likeness (QED) is 0.704. The van der Waals surface area contributed by atoms with Crippen molar-refractivity contribution in [2.45, 2.75) is 13.3 Å². The van der Waals surface area contributed by atoms with Crippen LogP contribution in [0.25, 0.3) is 0 Å². The van der Waals surface area contributed by atoms with Crippen LogP contribution in [0.4, 0.5) is 11.6 Å². The molecule has 0 unspecified atom stereocenters. The summed E-state index contributed by atoms with van der Waals surface area (Å²) in [5.41, 5.74) is 0. The summed E-state index contributed by atoms with van der Waals surface area (Å²) in [6, 6.07) is 1.86. The van der Waals surface area contributed by atoms with Crippen LogP contribution in [-0.2, 0) is 4.79 Å². The average Bonchev–Trinajstić information content (AvgIpc) is 2.34. The summed E-state index contributed by atoms with van der Waals surface area (Å²) in [4.78, 5) is 23.4. The van der Waals surface area contributed by atoms with Crippen LogP contribution in [0.1, 0.15) is 13.3 Å². The number of rotatable bonds is 8. The van der Waals surface area contributed by atoms with Crippen LogP contribution in [0.3, 0.4) is 0 Å². The van der Waals surface area contributed by atoms with E-state index in [4.69, 9.17) is 0 Å². The summed E-state index contributed by atoms with van der Waals surface area (Å²) in [6.07, 6.45) is 2.57. The molecule has 6 nitrogen and oxygen atoms in total. The highest BCUT2D eigenvalue weighted by Gasteiger charge is 2.06. The Morgan fingerprint density at radius 3 is 2.68 bits per heavy atom. The number of carbonyl (C=O) groups excluding carboxylic acids is 1. The number of anilines is 2. The molecule has 0 saturated carbocycles. The van der Waals surface area contributed by atoms with Gasteiger partial charge in [-0.1, -0.05) is 0 Å². The van der Waals surface area contributed by atoms with Gasteiger partial charge in [-0.2, -0.15) is 0 Å². The van der Waals surface area contributed by atoms with Crippen molar-refractivity contribution in [1.29, 1.82) is 0 Å². The zero-order valence-electron chi connectivity index (χ0n) is 12.2. The van der Waals surface area contributed by atoms with Gasteiger partial charge in [0.05, 0.1) is 6.54 Å². The Morgan fingerprint density at radius 1 is 1.32 bits per heavy atom. The zero-order chi connectivity index (χ0) is 14.3. The van der Waals surface area contributed by atoms with Crippen molar-refractivity contribution in [3.63, 3.8) is 0 Å². The molecule has 106 valence electrons. The first-order chi connectivity index (χ1) is 8.99. The topological polar surface area (TPSA) is 61.4 Å². The second kappa shape index (κ2) is 7.68. The third-order valence-corrected chi connectivity index (χ3v) is 2.59. The molecule has 0 spiro atoms. The third-order valence-electron chi connectivity index (χ3n) is 2.59. The van der Waals surface area contributed by atoms with E-state index < -0.39 is 0 Å². The van der Waals surface area contributed by atoms with Crippen molar-refractivity contribution in [2.75, 3.05) is 51.0 Å². The smallest absolute Gasteiger partial charge is 0.149 e. The summed E-state index contributed by atoms with van der Waals surface area (Å²) in [5, 5.41) is 3.26. The lowest BCUT2D eigenvalue weighted by Gasteiger charge is -2.17. The SMILES string of the molecule is CC(=O)CN(C)c1cc(NCCCN(C)C)ncn1. The fourth-order valence-electron chi connectivity index (χ4n) is 1.68. The average molecular weight is 265 g/mol. The fourth-order valence-corrected chi connectivity index (χ4v) is 1.68. The van der Waals surface area contributed by atoms with Crippen LogP contribution in [0.15, 0.2) is 12.4 Å². The minimum absolute atomic E-state index is 0.113. The van der Waals surface area contributed by atoms with Gasteiger partial charge in [0, 0.05) is 19.7 Å². The molecule has 0 saturated heterocycles. The van der Waals surface area contributed by atoms with Crippen LogP contribution in [-0.4, -0.2) is 61.4 Å². The molecular weight excluding hydrogens is 242 g/mol. The van der Waals surface area contributed by atoms with E-state index in [-0.39, 0.29) is 5.78 Å². The second-order valence-electron chi connectivity index (χ2n) is 4.90. The van der Waals surface area contributed by atoms with Crippen molar-refractivity contribution in [3.8, 4) is 0 Å². The molecule has 1 aromatic heterocycles. The molecule has 6 heteroatoms. The van der Waals surface area contributed by atoms with Gasteiger partial charge in [-0.25, -0.2) is 9.97 Å². The first-order valence-electron chi connectivity index (χ1n) is 6.40. The molecule has 1 heterocycles. The zero-order valence-corrected chi connectivity index (χ0v) is 12.2. The van der Waals surface area contributed by atoms with Gasteiger partial charge in [-0.05, 0) is 34.0 Å². The van der Waals surface area contributed by atoms with Gasteiger partial charge >= 0.3 is 0 Å². The predicted molar refractivity (Wildman–Crippen MR) is 77.6 cm³/mol. The molecule has 0 fully saturated rings. The second-order valence-corrected chi connectivity index (χ2v) is 4.90. The molecule has 0 radical (unpaired) electrons. The maximum Gasteiger partial charge on any atom is 0.149 e. The van der Waals surface area contributed by atoms with Crippen molar-refractivity contribution in [2.24, 2.45) is 0 Å². The minimum atomic E-state index is 0.113. The molecule has 1 N–H and O–H groups in total. The van der Waals surface area contributed by atoms with Crippen LogP contribution in [0.5, 0.6) is 0 Å². The normalized spacial score (nSPS) is 10.6. The van der Waals surface area contributed by atoms with Crippen LogP contribution in [0.2, 0.25) is 0 Å². The lowest BCUT2D eigenvalue weighted by molar-refractivity contribution is -0.115. The number of ketones is 1. The van der Waals surface area contributed by atoms with Gasteiger partial charge < -0.3 is 15.1 Å². The Kier molecular flexibility index (Phi) is 6.21. The van der Waals surface area contributed by atoms with Gasteiger partial charge in [0.1, 0.15) is 23.7 Å². The Morgan fingerprint density at radius 2 is 2.05 bits per heavy atom. The Bertz CT molecular complexity index is 408. The molecular formula is C13H23N5O. The number of hydrogen-bond donors (Lipinski definition) is 1. The monoisotopic (exact) mass is 265 g/mol. The highest BCUT2D eigenvalue weighted by atomic mass is 16.1. The number of hydrogen-bond acceptors (Lipinski definition) is 6. The predicted octanol–water partition coefficient (Wildman–Crippen LogP) is 0.865. The molecule has 0 aromatic carbocycles. The summed E-state index contributed by atoms with van der Waals surface area (Å²) >= 11 is 0. The van der Waals surface area contributed by atoms with Crippen molar-refractivity contribution >= 4 is 17.4 Å². The molecule has 0 bridgehead atoms. The highest BCUT2D eigenvalue weighted by molar-refractivity contribution is 5.80. The molecule has 1 rings (SSSR count). The van der Waals surface area contributed by atoms with E-state index in [1.807, 2.05) is 18.0 Å². The Balaban J connectivity index is 2.49. The lowest BCUT2D eigenvalue weighted by Crippen LogP contribution is -2.24. The van der Waals surface area contributed by atoms with E-state index in [0.717, 1.165) is 31.1 Å². The van der Waals surface area contributed by atoms with E-state index in [1.54, 1.807) is 6.92 Å². The first kappa shape index (κ1) is 15.4. The Labute approximate surface area is 114 Å². The lowest BCUT2D eigenvalue weighted by atomic mass is 10.3. The number of Topliss-reactive ketones (excluding diaryl/α,β-unsaturated/α-hetero) is 1. The number of carbonyl (C=O) groups is 1. The number of likely N-dealkylation sites (N-methyl/N-ethyl adjacent to an activating group) is 1. The largest absolute Gasteiger partial charge is 0.370 e. The minimum Gasteiger partial charge on any atom is -0.370 e. The van der Waals surface area contributed by atoms with Crippen molar-refractivity contribution in [3.05, 3.63) is 12.4 Å². The van der Waals surface area contributed by atoms with Crippen LogP contribution < -0.4 is 10.2 Å².